The zero-order chi connectivity index (χ0) is 12.9. The van der Waals surface area contributed by atoms with E-state index in [2.05, 4.69) is 5.32 Å². The van der Waals surface area contributed by atoms with Crippen molar-refractivity contribution >= 4 is 17.7 Å². The highest BCUT2D eigenvalue weighted by molar-refractivity contribution is 7.98. The van der Waals surface area contributed by atoms with Crippen molar-refractivity contribution < 1.29 is 4.79 Å². The van der Waals surface area contributed by atoms with Crippen LogP contribution in [0.4, 0.5) is 0 Å². The van der Waals surface area contributed by atoms with Gasteiger partial charge in [0.15, 0.2) is 0 Å². The van der Waals surface area contributed by atoms with Gasteiger partial charge in [-0.25, -0.2) is 0 Å². The zero-order valence-electron chi connectivity index (χ0n) is 10.6. The lowest BCUT2D eigenvalue weighted by molar-refractivity contribution is -0.124. The molecule has 17 heavy (non-hydrogen) atoms. The summed E-state index contributed by atoms with van der Waals surface area (Å²) in [5.41, 5.74) is 5.77. The van der Waals surface area contributed by atoms with Crippen molar-refractivity contribution in [3.63, 3.8) is 0 Å². The molecular weight excluding hydrogens is 232 g/mol. The molecule has 0 aromatic heterocycles. The average Bonchev–Trinajstić information content (AvgIpc) is 2.28. The van der Waals surface area contributed by atoms with Crippen LogP contribution in [0.3, 0.4) is 0 Å². The van der Waals surface area contributed by atoms with Crippen molar-refractivity contribution in [1.29, 1.82) is 0 Å². The van der Waals surface area contributed by atoms with Crippen molar-refractivity contribution in [3.8, 4) is 0 Å². The molecule has 1 aromatic carbocycles. The van der Waals surface area contributed by atoms with Crippen LogP contribution in [0.1, 0.15) is 19.4 Å². The van der Waals surface area contributed by atoms with Gasteiger partial charge in [0.2, 0.25) is 5.91 Å². The van der Waals surface area contributed by atoms with E-state index in [9.17, 15) is 4.79 Å². The average molecular weight is 252 g/mol. The smallest absolute Gasteiger partial charge is 0.243 e. The molecule has 0 bridgehead atoms. The summed E-state index contributed by atoms with van der Waals surface area (Å²) in [6, 6.07) is 9.86. The van der Waals surface area contributed by atoms with Crippen molar-refractivity contribution in [2.75, 3.05) is 12.0 Å². The molecule has 1 aromatic rings. The Labute approximate surface area is 107 Å². The van der Waals surface area contributed by atoms with Gasteiger partial charge in [-0.2, -0.15) is 11.8 Å². The third-order valence-corrected chi connectivity index (χ3v) is 3.30. The van der Waals surface area contributed by atoms with Crippen LogP contribution in [0.5, 0.6) is 0 Å². The van der Waals surface area contributed by atoms with Crippen molar-refractivity contribution in [1.82, 2.24) is 5.32 Å². The summed E-state index contributed by atoms with van der Waals surface area (Å²) in [7, 11) is 0. The van der Waals surface area contributed by atoms with Gasteiger partial charge in [0, 0.05) is 11.8 Å². The summed E-state index contributed by atoms with van der Waals surface area (Å²) in [4.78, 5) is 11.9. The first-order valence-electron chi connectivity index (χ1n) is 5.65. The molecule has 0 spiro atoms. The Morgan fingerprint density at radius 3 is 2.41 bits per heavy atom. The minimum absolute atomic E-state index is 0.190. The molecule has 3 nitrogen and oxygen atoms in total. The summed E-state index contributed by atoms with van der Waals surface area (Å²) in [6.07, 6.45) is 1.97. The van der Waals surface area contributed by atoms with Crippen LogP contribution in [0.25, 0.3) is 0 Å². The van der Waals surface area contributed by atoms with Gasteiger partial charge >= 0.3 is 0 Å². The van der Waals surface area contributed by atoms with Crippen LogP contribution in [0.2, 0.25) is 0 Å². The molecule has 1 atom stereocenters. The van der Waals surface area contributed by atoms with Crippen LogP contribution in [0, 0.1) is 0 Å². The van der Waals surface area contributed by atoms with Crippen LogP contribution < -0.4 is 11.1 Å². The monoisotopic (exact) mass is 252 g/mol. The summed E-state index contributed by atoms with van der Waals surface area (Å²) in [5.74, 6) is 0.302. The molecule has 3 N–H and O–H groups in total. The Bertz CT molecular complexity index is 367. The van der Waals surface area contributed by atoms with Gasteiger partial charge in [-0.05, 0) is 25.7 Å². The second kappa shape index (κ2) is 6.07. The Kier molecular flexibility index (Phi) is 5.02. The number of carbonyl (C=O) groups is 1. The molecule has 94 valence electrons. The van der Waals surface area contributed by atoms with E-state index in [1.807, 2.05) is 50.4 Å². The van der Waals surface area contributed by atoms with Gasteiger partial charge in [-0.15, -0.1) is 0 Å². The predicted molar refractivity (Wildman–Crippen MR) is 74.0 cm³/mol. The third-order valence-electron chi connectivity index (χ3n) is 2.58. The minimum atomic E-state index is -0.783. The molecule has 0 radical (unpaired) electrons. The fourth-order valence-electron chi connectivity index (χ4n) is 1.92. The number of hydrogen-bond acceptors (Lipinski definition) is 3. The van der Waals surface area contributed by atoms with E-state index in [4.69, 9.17) is 5.73 Å². The number of hydrogen-bond donors (Lipinski definition) is 2. The first-order valence-corrected chi connectivity index (χ1v) is 7.04. The summed E-state index contributed by atoms with van der Waals surface area (Å²) in [5, 5.41) is 3.31. The number of rotatable bonds is 6. The number of thioether (sulfide) groups is 1. The van der Waals surface area contributed by atoms with E-state index >= 15 is 0 Å². The Balaban J connectivity index is 3.19. The van der Waals surface area contributed by atoms with Crippen molar-refractivity contribution in [2.24, 2.45) is 5.73 Å². The summed E-state index contributed by atoms with van der Waals surface area (Å²) >= 11 is 1.61. The van der Waals surface area contributed by atoms with Crippen LogP contribution in [-0.4, -0.2) is 24.0 Å². The molecule has 0 aliphatic heterocycles. The Hall–Kier alpha value is -1.00. The SMILES string of the molecule is CSCC(NC(C)C)(C(N)=O)c1ccccc1. The number of nitrogens with two attached hydrogens (primary N) is 1. The van der Waals surface area contributed by atoms with Gasteiger partial charge in [-0.3, -0.25) is 10.1 Å². The van der Waals surface area contributed by atoms with Gasteiger partial charge in [0.25, 0.3) is 0 Å². The molecule has 0 saturated carbocycles. The van der Waals surface area contributed by atoms with E-state index in [-0.39, 0.29) is 11.9 Å². The van der Waals surface area contributed by atoms with Crippen molar-refractivity contribution in [2.45, 2.75) is 25.4 Å². The maximum Gasteiger partial charge on any atom is 0.243 e. The maximum absolute atomic E-state index is 11.9. The lowest BCUT2D eigenvalue weighted by Gasteiger charge is -2.33. The van der Waals surface area contributed by atoms with Crippen LogP contribution in [-0.2, 0) is 10.3 Å². The van der Waals surface area contributed by atoms with Gasteiger partial charge < -0.3 is 5.73 Å². The normalized spacial score (nSPS) is 14.6. The molecule has 1 rings (SSSR count). The molecule has 4 heteroatoms. The number of benzene rings is 1. The number of amides is 1. The molecule has 1 amide bonds. The standard InChI is InChI=1S/C13H20N2OS/c1-10(2)15-13(9-17-3,12(14)16)11-7-5-4-6-8-11/h4-8,10,15H,9H2,1-3H3,(H2,14,16). The minimum Gasteiger partial charge on any atom is -0.368 e. The number of carbonyl (C=O) groups excluding carboxylic acids is 1. The molecule has 0 fully saturated rings. The van der Waals surface area contributed by atoms with E-state index < -0.39 is 5.54 Å². The maximum atomic E-state index is 11.9. The van der Waals surface area contributed by atoms with Gasteiger partial charge in [-0.1, -0.05) is 30.3 Å². The van der Waals surface area contributed by atoms with Crippen LogP contribution >= 0.6 is 11.8 Å². The second-order valence-electron chi connectivity index (χ2n) is 4.37. The highest BCUT2D eigenvalue weighted by Gasteiger charge is 2.38. The van der Waals surface area contributed by atoms with Crippen molar-refractivity contribution in [3.05, 3.63) is 35.9 Å². The predicted octanol–water partition coefficient (Wildman–Crippen LogP) is 1.73. The zero-order valence-corrected chi connectivity index (χ0v) is 11.4. The van der Waals surface area contributed by atoms with E-state index in [0.717, 1.165) is 5.56 Å². The first-order chi connectivity index (χ1) is 8.03. The second-order valence-corrected chi connectivity index (χ2v) is 5.23. The summed E-state index contributed by atoms with van der Waals surface area (Å²) in [6.45, 7) is 4.03. The Morgan fingerprint density at radius 2 is 2.00 bits per heavy atom. The molecule has 1 unspecified atom stereocenters. The third kappa shape index (κ3) is 3.23. The summed E-state index contributed by atoms with van der Waals surface area (Å²) < 4.78 is 0. The lowest BCUT2D eigenvalue weighted by Crippen LogP contribution is -2.56. The number of primary amides is 1. The van der Waals surface area contributed by atoms with E-state index in [1.165, 1.54) is 0 Å². The first kappa shape index (κ1) is 14.1. The van der Waals surface area contributed by atoms with Gasteiger partial charge in [0.1, 0.15) is 5.54 Å². The molecule has 0 saturated heterocycles. The van der Waals surface area contributed by atoms with Gasteiger partial charge in [0.05, 0.1) is 0 Å². The topological polar surface area (TPSA) is 55.1 Å². The van der Waals surface area contributed by atoms with E-state index in [1.54, 1.807) is 11.8 Å². The lowest BCUT2D eigenvalue weighted by atomic mass is 9.90. The molecular formula is C13H20N2OS. The van der Waals surface area contributed by atoms with E-state index in [0.29, 0.717) is 5.75 Å². The Morgan fingerprint density at radius 1 is 1.41 bits per heavy atom. The number of nitrogens with one attached hydrogen (secondary N) is 1. The van der Waals surface area contributed by atoms with Crippen LogP contribution in [0.15, 0.2) is 30.3 Å². The largest absolute Gasteiger partial charge is 0.368 e. The quantitative estimate of drug-likeness (QED) is 0.810. The molecule has 0 heterocycles. The fraction of sp³-hybridized carbons (Fsp3) is 0.462. The molecule has 0 aliphatic carbocycles. The highest BCUT2D eigenvalue weighted by atomic mass is 32.2. The molecule has 0 aliphatic rings. The highest BCUT2D eigenvalue weighted by Crippen LogP contribution is 2.25. The fourth-order valence-corrected chi connectivity index (χ4v) is 2.75.